The molecule has 0 aliphatic heterocycles. The number of hydrogen-bond acceptors (Lipinski definition) is 5. The van der Waals surface area contributed by atoms with Crippen molar-refractivity contribution >= 4 is 29.4 Å². The van der Waals surface area contributed by atoms with Crippen molar-refractivity contribution in [2.75, 3.05) is 5.32 Å². The first-order valence-electron chi connectivity index (χ1n) is 7.33. The second-order valence-electron chi connectivity index (χ2n) is 5.30. The van der Waals surface area contributed by atoms with Crippen LogP contribution >= 0.6 is 0 Å². The number of carbonyl (C=O) groups is 2. The normalized spacial score (nSPS) is 10.5. The molecule has 0 unspecified atom stereocenters. The molecule has 25 heavy (non-hydrogen) atoms. The molecule has 0 radical (unpaired) electrons. The average Bonchev–Trinajstić information content (AvgIpc) is 2.58. The number of nitro benzene ring substituents is 1. The summed E-state index contributed by atoms with van der Waals surface area (Å²) in [5.74, 6) is -1.76. The monoisotopic (exact) mass is 340 g/mol. The molecule has 2 N–H and O–H groups in total. The average molecular weight is 340 g/mol. The van der Waals surface area contributed by atoms with E-state index in [1.165, 1.54) is 30.5 Å². The lowest BCUT2D eigenvalue weighted by Gasteiger charge is -2.06. The molecule has 0 aliphatic rings. The van der Waals surface area contributed by atoms with E-state index < -0.39 is 16.7 Å². The summed E-state index contributed by atoms with van der Waals surface area (Å²) in [5, 5.41) is 16.7. The maximum Gasteiger partial charge on any atom is 0.329 e. The highest BCUT2D eigenvalue weighted by atomic mass is 16.6. The zero-order valence-corrected chi connectivity index (χ0v) is 13.6. The van der Waals surface area contributed by atoms with Gasteiger partial charge in [0.2, 0.25) is 0 Å². The topological polar surface area (TPSA) is 114 Å². The quantitative estimate of drug-likeness (QED) is 0.385. The van der Waals surface area contributed by atoms with E-state index in [1.54, 1.807) is 12.1 Å². The zero-order chi connectivity index (χ0) is 18.4. The van der Waals surface area contributed by atoms with Crippen LogP contribution in [0.25, 0.3) is 0 Å². The predicted molar refractivity (Wildman–Crippen MR) is 93.4 cm³/mol. The number of hydrazone groups is 1. The van der Waals surface area contributed by atoms with E-state index in [0.29, 0.717) is 11.3 Å². The summed E-state index contributed by atoms with van der Waals surface area (Å²) < 4.78 is 0. The second-order valence-corrected chi connectivity index (χ2v) is 5.30. The third-order valence-corrected chi connectivity index (χ3v) is 3.45. The lowest BCUT2D eigenvalue weighted by Crippen LogP contribution is -2.32. The number of benzene rings is 2. The largest absolute Gasteiger partial charge is 0.329 e. The molecular weight excluding hydrogens is 324 g/mol. The van der Waals surface area contributed by atoms with Gasteiger partial charge in [0, 0.05) is 17.8 Å². The first-order chi connectivity index (χ1) is 11.9. The van der Waals surface area contributed by atoms with E-state index in [4.69, 9.17) is 0 Å². The minimum absolute atomic E-state index is 0.0473. The van der Waals surface area contributed by atoms with E-state index in [2.05, 4.69) is 15.8 Å². The Hall–Kier alpha value is -3.55. The van der Waals surface area contributed by atoms with Crippen LogP contribution in [-0.2, 0) is 9.59 Å². The van der Waals surface area contributed by atoms with Crippen molar-refractivity contribution < 1.29 is 14.5 Å². The molecule has 0 aliphatic carbocycles. The van der Waals surface area contributed by atoms with Crippen LogP contribution in [0.1, 0.15) is 16.7 Å². The Morgan fingerprint density at radius 1 is 1.04 bits per heavy atom. The van der Waals surface area contributed by atoms with Crippen LogP contribution in [0.3, 0.4) is 0 Å². The number of aryl methyl sites for hydroxylation is 2. The van der Waals surface area contributed by atoms with Crippen molar-refractivity contribution in [2.24, 2.45) is 5.10 Å². The number of amides is 2. The molecule has 0 saturated carbocycles. The number of hydrogen-bond donors (Lipinski definition) is 2. The van der Waals surface area contributed by atoms with Gasteiger partial charge in [-0.25, -0.2) is 5.43 Å². The lowest BCUT2D eigenvalue weighted by atomic mass is 10.1. The van der Waals surface area contributed by atoms with E-state index in [-0.39, 0.29) is 5.69 Å². The van der Waals surface area contributed by atoms with Crippen molar-refractivity contribution in [3.63, 3.8) is 0 Å². The Bertz CT molecular complexity index is 844. The van der Waals surface area contributed by atoms with E-state index in [9.17, 15) is 19.7 Å². The number of non-ortho nitro benzene ring substituents is 1. The summed E-state index contributed by atoms with van der Waals surface area (Å²) in [4.78, 5) is 33.5. The highest BCUT2D eigenvalue weighted by Crippen LogP contribution is 2.14. The summed E-state index contributed by atoms with van der Waals surface area (Å²) in [6.45, 7) is 3.85. The lowest BCUT2D eigenvalue weighted by molar-refractivity contribution is -0.384. The maximum absolute atomic E-state index is 11.8. The molecule has 128 valence electrons. The van der Waals surface area contributed by atoms with Gasteiger partial charge in [0.1, 0.15) is 0 Å². The van der Waals surface area contributed by atoms with Crippen LogP contribution in [-0.4, -0.2) is 23.0 Å². The maximum atomic E-state index is 11.8. The molecule has 8 heteroatoms. The van der Waals surface area contributed by atoms with Gasteiger partial charge in [-0.1, -0.05) is 6.07 Å². The van der Waals surface area contributed by atoms with Crippen LogP contribution in [0.2, 0.25) is 0 Å². The van der Waals surface area contributed by atoms with Crippen LogP contribution in [0.15, 0.2) is 47.6 Å². The van der Waals surface area contributed by atoms with Crippen molar-refractivity contribution in [2.45, 2.75) is 13.8 Å². The smallest absolute Gasteiger partial charge is 0.318 e. The Kier molecular flexibility index (Phi) is 5.57. The molecule has 2 aromatic carbocycles. The fraction of sp³-hybridized carbons (Fsp3) is 0.118. The third-order valence-electron chi connectivity index (χ3n) is 3.45. The van der Waals surface area contributed by atoms with E-state index >= 15 is 0 Å². The number of nitrogens with zero attached hydrogens (tertiary/aromatic N) is 2. The third kappa shape index (κ3) is 4.96. The van der Waals surface area contributed by atoms with Crippen molar-refractivity contribution in [3.05, 3.63) is 69.3 Å². The molecule has 8 nitrogen and oxygen atoms in total. The molecule has 0 spiro atoms. The minimum Gasteiger partial charge on any atom is -0.318 e. The van der Waals surface area contributed by atoms with Crippen molar-refractivity contribution in [3.8, 4) is 0 Å². The SMILES string of the molecule is Cc1ccc(NC(=O)C(=O)N/N=C\c2ccc([N+](=O)[O-])cc2)cc1C. The van der Waals surface area contributed by atoms with Gasteiger partial charge in [0.15, 0.2) is 0 Å². The Morgan fingerprint density at radius 3 is 2.32 bits per heavy atom. The Balaban J connectivity index is 1.91. The van der Waals surface area contributed by atoms with Gasteiger partial charge in [-0.05, 0) is 54.8 Å². The van der Waals surface area contributed by atoms with Crippen molar-refractivity contribution in [1.82, 2.24) is 5.43 Å². The van der Waals surface area contributed by atoms with Gasteiger partial charge in [0.05, 0.1) is 11.1 Å². The fourth-order valence-electron chi connectivity index (χ4n) is 1.91. The summed E-state index contributed by atoms with van der Waals surface area (Å²) >= 11 is 0. The molecule has 0 atom stereocenters. The number of anilines is 1. The molecule has 0 heterocycles. The van der Waals surface area contributed by atoms with Gasteiger partial charge in [-0.2, -0.15) is 5.10 Å². The summed E-state index contributed by atoms with van der Waals surface area (Å²) in [5.41, 5.74) is 5.18. The van der Waals surface area contributed by atoms with Gasteiger partial charge < -0.3 is 5.32 Å². The predicted octanol–water partition coefficient (Wildman–Crippen LogP) is 2.30. The number of nitro groups is 1. The summed E-state index contributed by atoms with van der Waals surface area (Å²) in [6, 6.07) is 10.9. The fourth-order valence-corrected chi connectivity index (χ4v) is 1.91. The van der Waals surface area contributed by atoms with Gasteiger partial charge in [-0.3, -0.25) is 19.7 Å². The second kappa shape index (κ2) is 7.82. The van der Waals surface area contributed by atoms with E-state index in [0.717, 1.165) is 11.1 Å². The molecule has 2 aromatic rings. The van der Waals surface area contributed by atoms with Crippen LogP contribution in [0.4, 0.5) is 11.4 Å². The van der Waals surface area contributed by atoms with Crippen LogP contribution in [0, 0.1) is 24.0 Å². The Labute approximate surface area is 143 Å². The number of rotatable bonds is 4. The number of nitrogens with one attached hydrogen (secondary N) is 2. The number of carbonyl (C=O) groups excluding carboxylic acids is 2. The summed E-state index contributed by atoms with van der Waals surface area (Å²) in [7, 11) is 0. The molecule has 0 aromatic heterocycles. The molecule has 0 fully saturated rings. The molecule has 0 saturated heterocycles. The molecule has 2 amide bonds. The first kappa shape index (κ1) is 17.8. The van der Waals surface area contributed by atoms with Crippen LogP contribution < -0.4 is 10.7 Å². The standard InChI is InChI=1S/C17H16N4O4/c1-11-3-6-14(9-12(11)2)19-16(22)17(23)20-18-10-13-4-7-15(8-5-13)21(24)25/h3-10H,1-2H3,(H,19,22)(H,20,23)/b18-10-. The highest BCUT2D eigenvalue weighted by Gasteiger charge is 2.13. The van der Waals surface area contributed by atoms with Crippen LogP contribution in [0.5, 0.6) is 0 Å². The molecule has 2 rings (SSSR count). The molecule has 0 bridgehead atoms. The minimum atomic E-state index is -0.920. The van der Waals surface area contributed by atoms with Gasteiger partial charge in [-0.15, -0.1) is 0 Å². The Morgan fingerprint density at radius 2 is 1.72 bits per heavy atom. The molecular formula is C17H16N4O4. The van der Waals surface area contributed by atoms with Gasteiger partial charge in [0.25, 0.3) is 5.69 Å². The highest BCUT2D eigenvalue weighted by molar-refractivity contribution is 6.39. The van der Waals surface area contributed by atoms with Gasteiger partial charge >= 0.3 is 11.8 Å². The first-order valence-corrected chi connectivity index (χ1v) is 7.33. The van der Waals surface area contributed by atoms with E-state index in [1.807, 2.05) is 19.9 Å². The summed E-state index contributed by atoms with van der Waals surface area (Å²) in [6.07, 6.45) is 1.28. The zero-order valence-electron chi connectivity index (χ0n) is 13.6. The van der Waals surface area contributed by atoms with Crippen molar-refractivity contribution in [1.29, 1.82) is 0 Å².